The third-order valence-electron chi connectivity index (χ3n) is 2.77. The lowest BCUT2D eigenvalue weighted by Gasteiger charge is -2.13. The number of hydrogen-bond acceptors (Lipinski definition) is 2. The molecule has 0 saturated heterocycles. The number of anilines is 1. The van der Waals surface area contributed by atoms with Gasteiger partial charge in [0.2, 0.25) is 0 Å². The predicted molar refractivity (Wildman–Crippen MR) is 74.5 cm³/mol. The van der Waals surface area contributed by atoms with Crippen molar-refractivity contribution < 1.29 is 14.7 Å². The van der Waals surface area contributed by atoms with Gasteiger partial charge in [0, 0.05) is 18.7 Å². The van der Waals surface area contributed by atoms with Crippen LogP contribution in [0.1, 0.15) is 29.5 Å². The van der Waals surface area contributed by atoms with Crippen molar-refractivity contribution in [2.75, 3.05) is 11.9 Å². The molecule has 2 amide bonds. The lowest BCUT2D eigenvalue weighted by atomic mass is 10.1. The van der Waals surface area contributed by atoms with Crippen LogP contribution in [0.25, 0.3) is 0 Å². The van der Waals surface area contributed by atoms with E-state index in [1.807, 2.05) is 32.9 Å². The van der Waals surface area contributed by atoms with Gasteiger partial charge in [-0.05, 0) is 38.3 Å². The van der Waals surface area contributed by atoms with Crippen molar-refractivity contribution in [3.63, 3.8) is 0 Å². The van der Waals surface area contributed by atoms with Crippen LogP contribution in [0.2, 0.25) is 0 Å². The number of rotatable bonds is 5. The Kier molecular flexibility index (Phi) is 5.36. The summed E-state index contributed by atoms with van der Waals surface area (Å²) in [5.74, 6) is -0.854. The highest BCUT2D eigenvalue weighted by Gasteiger charge is 2.07. The van der Waals surface area contributed by atoms with E-state index >= 15 is 0 Å². The van der Waals surface area contributed by atoms with E-state index in [4.69, 9.17) is 5.11 Å². The summed E-state index contributed by atoms with van der Waals surface area (Å²) in [7, 11) is 0. The van der Waals surface area contributed by atoms with Gasteiger partial charge >= 0.3 is 12.0 Å². The SMILES string of the molecule is Cc1cc(C)c(NC(=O)NCCCC(=O)O)c(C)c1. The predicted octanol–water partition coefficient (Wildman–Crippen LogP) is 2.60. The molecule has 5 nitrogen and oxygen atoms in total. The fraction of sp³-hybridized carbons (Fsp3) is 0.429. The Morgan fingerprint density at radius 1 is 1.16 bits per heavy atom. The van der Waals surface area contributed by atoms with Crippen LogP contribution in [0.15, 0.2) is 12.1 Å². The van der Waals surface area contributed by atoms with Gasteiger partial charge in [0.1, 0.15) is 0 Å². The molecule has 0 aliphatic rings. The maximum Gasteiger partial charge on any atom is 0.319 e. The molecular formula is C14H20N2O3. The van der Waals surface area contributed by atoms with E-state index < -0.39 is 5.97 Å². The number of carbonyl (C=O) groups is 2. The van der Waals surface area contributed by atoms with Gasteiger partial charge in [0.25, 0.3) is 0 Å². The topological polar surface area (TPSA) is 78.4 Å². The maximum atomic E-state index is 11.7. The Labute approximate surface area is 113 Å². The van der Waals surface area contributed by atoms with Crippen LogP contribution in [0.4, 0.5) is 10.5 Å². The molecule has 0 aliphatic carbocycles. The van der Waals surface area contributed by atoms with Gasteiger partial charge in [-0.1, -0.05) is 17.7 Å². The van der Waals surface area contributed by atoms with Gasteiger partial charge in [-0.3, -0.25) is 4.79 Å². The van der Waals surface area contributed by atoms with Crippen molar-refractivity contribution in [1.29, 1.82) is 0 Å². The molecule has 0 aromatic heterocycles. The molecule has 104 valence electrons. The second-order valence-corrected chi connectivity index (χ2v) is 4.65. The minimum absolute atomic E-state index is 0.0584. The van der Waals surface area contributed by atoms with Gasteiger partial charge in [0.05, 0.1) is 0 Å². The first-order chi connectivity index (χ1) is 8.90. The second kappa shape index (κ2) is 6.78. The zero-order chi connectivity index (χ0) is 14.4. The van der Waals surface area contributed by atoms with Gasteiger partial charge in [0.15, 0.2) is 0 Å². The molecule has 5 heteroatoms. The third kappa shape index (κ3) is 4.99. The van der Waals surface area contributed by atoms with Crippen molar-refractivity contribution in [2.45, 2.75) is 33.6 Å². The molecule has 0 atom stereocenters. The van der Waals surface area contributed by atoms with E-state index in [-0.39, 0.29) is 12.5 Å². The third-order valence-corrected chi connectivity index (χ3v) is 2.77. The number of carboxylic acid groups (broad SMARTS) is 1. The molecule has 0 fully saturated rings. The number of benzene rings is 1. The molecule has 0 unspecified atom stereocenters. The Hall–Kier alpha value is -2.04. The average molecular weight is 264 g/mol. The van der Waals surface area contributed by atoms with E-state index in [0.29, 0.717) is 13.0 Å². The number of urea groups is 1. The van der Waals surface area contributed by atoms with Crippen LogP contribution in [0.5, 0.6) is 0 Å². The van der Waals surface area contributed by atoms with Crippen LogP contribution in [-0.4, -0.2) is 23.7 Å². The van der Waals surface area contributed by atoms with Gasteiger partial charge < -0.3 is 15.7 Å². The van der Waals surface area contributed by atoms with Crippen molar-refractivity contribution in [3.05, 3.63) is 28.8 Å². The summed E-state index contributed by atoms with van der Waals surface area (Å²) in [5.41, 5.74) is 3.99. The molecular weight excluding hydrogens is 244 g/mol. The standard InChI is InChI=1S/C14H20N2O3/c1-9-7-10(2)13(11(3)8-9)16-14(19)15-6-4-5-12(17)18/h7-8H,4-6H2,1-3H3,(H,17,18)(H2,15,16,19). The number of aryl methyl sites for hydroxylation is 3. The van der Waals surface area contributed by atoms with E-state index in [1.165, 1.54) is 0 Å². The monoisotopic (exact) mass is 264 g/mol. The van der Waals surface area contributed by atoms with Crippen molar-refractivity contribution in [1.82, 2.24) is 5.32 Å². The fourth-order valence-electron chi connectivity index (χ4n) is 1.98. The summed E-state index contributed by atoms with van der Waals surface area (Å²) in [4.78, 5) is 22.0. The largest absolute Gasteiger partial charge is 0.481 e. The molecule has 0 aliphatic heterocycles. The number of carbonyl (C=O) groups excluding carboxylic acids is 1. The van der Waals surface area contributed by atoms with Crippen LogP contribution >= 0.6 is 0 Å². The number of aliphatic carboxylic acids is 1. The molecule has 0 radical (unpaired) electrons. The highest BCUT2D eigenvalue weighted by Crippen LogP contribution is 2.21. The second-order valence-electron chi connectivity index (χ2n) is 4.65. The van der Waals surface area contributed by atoms with Crippen LogP contribution < -0.4 is 10.6 Å². The van der Waals surface area contributed by atoms with Crippen LogP contribution in [0.3, 0.4) is 0 Å². The quantitative estimate of drug-likeness (QED) is 0.715. The highest BCUT2D eigenvalue weighted by atomic mass is 16.4. The number of carboxylic acids is 1. The van der Waals surface area contributed by atoms with Crippen LogP contribution in [-0.2, 0) is 4.79 Å². The molecule has 3 N–H and O–H groups in total. The molecule has 19 heavy (non-hydrogen) atoms. The van der Waals surface area contributed by atoms with E-state index in [2.05, 4.69) is 10.6 Å². The van der Waals surface area contributed by atoms with E-state index in [1.54, 1.807) is 0 Å². The number of amides is 2. The highest BCUT2D eigenvalue weighted by molar-refractivity contribution is 5.91. The Balaban J connectivity index is 2.51. The summed E-state index contributed by atoms with van der Waals surface area (Å²) < 4.78 is 0. The number of nitrogens with one attached hydrogen (secondary N) is 2. The van der Waals surface area contributed by atoms with Crippen molar-refractivity contribution in [2.24, 2.45) is 0 Å². The summed E-state index contributed by atoms with van der Waals surface area (Å²) in [6.45, 7) is 6.25. The molecule has 0 bridgehead atoms. The molecule has 0 heterocycles. The minimum atomic E-state index is -0.854. The Morgan fingerprint density at radius 2 is 1.74 bits per heavy atom. The lowest BCUT2D eigenvalue weighted by molar-refractivity contribution is -0.137. The minimum Gasteiger partial charge on any atom is -0.481 e. The summed E-state index contributed by atoms with van der Waals surface area (Å²) in [5, 5.41) is 13.9. The maximum absolute atomic E-state index is 11.7. The number of hydrogen-bond donors (Lipinski definition) is 3. The normalized spacial score (nSPS) is 10.1. The molecule has 0 spiro atoms. The Bertz CT molecular complexity index is 461. The molecule has 0 saturated carbocycles. The Morgan fingerprint density at radius 3 is 2.26 bits per heavy atom. The average Bonchev–Trinajstić information content (AvgIpc) is 2.29. The summed E-state index contributed by atoms with van der Waals surface area (Å²) in [6.07, 6.45) is 0.484. The van der Waals surface area contributed by atoms with Crippen molar-refractivity contribution >= 4 is 17.7 Å². The summed E-state index contributed by atoms with van der Waals surface area (Å²) in [6, 6.07) is 3.71. The lowest BCUT2D eigenvalue weighted by Crippen LogP contribution is -2.30. The molecule has 1 aromatic rings. The van der Waals surface area contributed by atoms with Gasteiger partial charge in [-0.2, -0.15) is 0 Å². The van der Waals surface area contributed by atoms with Crippen LogP contribution in [0, 0.1) is 20.8 Å². The van der Waals surface area contributed by atoms with E-state index in [0.717, 1.165) is 22.4 Å². The first kappa shape index (κ1) is 15.0. The van der Waals surface area contributed by atoms with E-state index in [9.17, 15) is 9.59 Å². The molecule has 1 aromatic carbocycles. The zero-order valence-electron chi connectivity index (χ0n) is 11.5. The molecule has 1 rings (SSSR count). The first-order valence-electron chi connectivity index (χ1n) is 6.24. The van der Waals surface area contributed by atoms with Gasteiger partial charge in [-0.25, -0.2) is 4.79 Å². The zero-order valence-corrected chi connectivity index (χ0v) is 11.5. The van der Waals surface area contributed by atoms with Gasteiger partial charge in [-0.15, -0.1) is 0 Å². The fourth-order valence-corrected chi connectivity index (χ4v) is 1.98. The first-order valence-corrected chi connectivity index (χ1v) is 6.24. The van der Waals surface area contributed by atoms with Crippen molar-refractivity contribution in [3.8, 4) is 0 Å². The summed E-state index contributed by atoms with van der Waals surface area (Å²) >= 11 is 0. The smallest absolute Gasteiger partial charge is 0.319 e.